The first-order chi connectivity index (χ1) is 13.4. The third-order valence-corrected chi connectivity index (χ3v) is 6.05. The van der Waals surface area contributed by atoms with E-state index in [1.165, 1.54) is 4.31 Å². The molecule has 0 heterocycles. The van der Waals surface area contributed by atoms with Gasteiger partial charge >= 0.3 is 0 Å². The second-order valence-electron chi connectivity index (χ2n) is 8.31. The minimum atomic E-state index is -3.66. The van der Waals surface area contributed by atoms with Crippen molar-refractivity contribution in [1.29, 1.82) is 0 Å². The number of benzene rings is 2. The van der Waals surface area contributed by atoms with Gasteiger partial charge in [0.05, 0.1) is 11.9 Å². The lowest BCUT2D eigenvalue weighted by molar-refractivity contribution is -0.123. The predicted molar refractivity (Wildman–Crippen MR) is 120 cm³/mol. The topological polar surface area (TPSA) is 66.5 Å². The number of carbonyl (C=O) groups is 1. The molecule has 0 spiro atoms. The van der Waals surface area contributed by atoms with Crippen LogP contribution in [0.4, 0.5) is 5.69 Å². The fourth-order valence-corrected chi connectivity index (χ4v) is 4.82. The van der Waals surface area contributed by atoms with E-state index in [0.717, 1.165) is 22.9 Å². The van der Waals surface area contributed by atoms with Crippen LogP contribution in [0, 0.1) is 13.8 Å². The number of hydrogen-bond donors (Lipinski definition) is 1. The Labute approximate surface area is 175 Å². The Morgan fingerprint density at radius 2 is 1.72 bits per heavy atom. The van der Waals surface area contributed by atoms with Crippen LogP contribution in [0.5, 0.6) is 0 Å². The normalized spacial score (nSPS) is 13.0. The molecular formula is C23H32N2O3S. The smallest absolute Gasteiger partial charge is 0.244 e. The SMILES string of the molecule is CC[C@@H](C(=O)NC(C)(C)Cc1ccccc1)N(c1cc(C)ccc1C)S(C)(=O)=O. The van der Waals surface area contributed by atoms with Crippen molar-refractivity contribution < 1.29 is 13.2 Å². The minimum Gasteiger partial charge on any atom is -0.349 e. The van der Waals surface area contributed by atoms with Crippen LogP contribution in [-0.4, -0.2) is 32.2 Å². The van der Waals surface area contributed by atoms with Gasteiger partial charge in [-0.25, -0.2) is 8.42 Å². The van der Waals surface area contributed by atoms with E-state index in [-0.39, 0.29) is 5.91 Å². The zero-order chi connectivity index (χ0) is 21.8. The van der Waals surface area contributed by atoms with Crippen LogP contribution in [0.3, 0.4) is 0 Å². The summed E-state index contributed by atoms with van der Waals surface area (Å²) in [6, 6.07) is 14.7. The van der Waals surface area contributed by atoms with Crippen molar-refractivity contribution in [3.8, 4) is 0 Å². The van der Waals surface area contributed by atoms with Crippen molar-refractivity contribution in [3.63, 3.8) is 0 Å². The number of rotatable bonds is 8. The second kappa shape index (κ2) is 8.99. The summed E-state index contributed by atoms with van der Waals surface area (Å²) in [7, 11) is -3.66. The highest BCUT2D eigenvalue weighted by Gasteiger charge is 2.34. The van der Waals surface area contributed by atoms with Gasteiger partial charge in [-0.1, -0.05) is 49.4 Å². The molecule has 0 radical (unpaired) electrons. The first-order valence-electron chi connectivity index (χ1n) is 9.87. The van der Waals surface area contributed by atoms with Gasteiger partial charge in [0, 0.05) is 5.54 Å². The molecule has 5 nitrogen and oxygen atoms in total. The second-order valence-corrected chi connectivity index (χ2v) is 10.2. The molecule has 0 fully saturated rings. The third kappa shape index (κ3) is 6.07. The first-order valence-corrected chi connectivity index (χ1v) is 11.7. The monoisotopic (exact) mass is 416 g/mol. The highest BCUT2D eigenvalue weighted by molar-refractivity contribution is 7.92. The highest BCUT2D eigenvalue weighted by Crippen LogP contribution is 2.28. The molecule has 0 saturated heterocycles. The zero-order valence-electron chi connectivity index (χ0n) is 18.2. The van der Waals surface area contributed by atoms with Gasteiger partial charge in [-0.05, 0) is 63.3 Å². The molecule has 0 aliphatic carbocycles. The average Bonchev–Trinajstić information content (AvgIpc) is 2.60. The van der Waals surface area contributed by atoms with E-state index in [0.29, 0.717) is 18.5 Å². The summed E-state index contributed by atoms with van der Waals surface area (Å²) >= 11 is 0. The lowest BCUT2D eigenvalue weighted by atomic mass is 9.94. The average molecular weight is 417 g/mol. The van der Waals surface area contributed by atoms with Gasteiger partial charge in [0.15, 0.2) is 0 Å². The minimum absolute atomic E-state index is 0.292. The predicted octanol–water partition coefficient (Wildman–Crippen LogP) is 3.99. The molecule has 2 aromatic carbocycles. The van der Waals surface area contributed by atoms with Crippen molar-refractivity contribution in [3.05, 3.63) is 65.2 Å². The van der Waals surface area contributed by atoms with Crippen LogP contribution < -0.4 is 9.62 Å². The van der Waals surface area contributed by atoms with Crippen molar-refractivity contribution in [2.75, 3.05) is 10.6 Å². The molecule has 158 valence electrons. The summed E-state index contributed by atoms with van der Waals surface area (Å²) in [6.07, 6.45) is 2.17. The number of amides is 1. The van der Waals surface area contributed by atoms with E-state index < -0.39 is 21.6 Å². The Morgan fingerprint density at radius 1 is 1.10 bits per heavy atom. The quantitative estimate of drug-likeness (QED) is 0.708. The Bertz CT molecular complexity index is 953. The summed E-state index contributed by atoms with van der Waals surface area (Å²) in [5, 5.41) is 3.07. The number of anilines is 1. The molecular weight excluding hydrogens is 384 g/mol. The molecule has 0 bridgehead atoms. The molecule has 0 aliphatic heterocycles. The summed E-state index contributed by atoms with van der Waals surface area (Å²) in [4.78, 5) is 13.2. The summed E-state index contributed by atoms with van der Waals surface area (Å²) in [5.41, 5.74) is 2.90. The van der Waals surface area contributed by atoms with E-state index in [1.807, 2.05) is 83.1 Å². The lowest BCUT2D eigenvalue weighted by Crippen LogP contribution is -2.55. The summed E-state index contributed by atoms with van der Waals surface area (Å²) < 4.78 is 26.7. The van der Waals surface area contributed by atoms with Gasteiger partial charge in [-0.3, -0.25) is 9.10 Å². The van der Waals surface area contributed by atoms with E-state index >= 15 is 0 Å². The molecule has 29 heavy (non-hydrogen) atoms. The van der Waals surface area contributed by atoms with Crippen LogP contribution in [0.15, 0.2) is 48.5 Å². The van der Waals surface area contributed by atoms with Gasteiger partial charge in [0.25, 0.3) is 0 Å². The Hall–Kier alpha value is -2.34. The number of sulfonamides is 1. The number of nitrogens with zero attached hydrogens (tertiary/aromatic N) is 1. The van der Waals surface area contributed by atoms with Crippen molar-refractivity contribution in [1.82, 2.24) is 5.32 Å². The Morgan fingerprint density at radius 3 is 2.28 bits per heavy atom. The van der Waals surface area contributed by atoms with Crippen molar-refractivity contribution in [2.24, 2.45) is 0 Å². The lowest BCUT2D eigenvalue weighted by Gasteiger charge is -2.35. The van der Waals surface area contributed by atoms with Crippen LogP contribution in [0.1, 0.15) is 43.9 Å². The molecule has 0 aromatic heterocycles. The maximum absolute atomic E-state index is 13.2. The Balaban J connectivity index is 2.34. The van der Waals surface area contributed by atoms with Crippen LogP contribution in [0.2, 0.25) is 0 Å². The van der Waals surface area contributed by atoms with Gasteiger partial charge < -0.3 is 5.32 Å². The molecule has 0 unspecified atom stereocenters. The fraction of sp³-hybridized carbons (Fsp3) is 0.435. The van der Waals surface area contributed by atoms with Gasteiger partial charge in [-0.2, -0.15) is 0 Å². The van der Waals surface area contributed by atoms with Gasteiger partial charge in [-0.15, -0.1) is 0 Å². The van der Waals surface area contributed by atoms with Crippen molar-refractivity contribution in [2.45, 2.75) is 59.0 Å². The molecule has 1 N–H and O–H groups in total. The third-order valence-electron chi connectivity index (χ3n) is 4.88. The standard InChI is InChI=1S/C23H32N2O3S/c1-7-20(22(26)24-23(4,5)16-19-11-9-8-10-12-19)25(29(6,27)28)21-15-17(2)13-14-18(21)3/h8-15,20H,7,16H2,1-6H3,(H,24,26)/t20-/m0/s1. The molecule has 0 aliphatic rings. The van der Waals surface area contributed by atoms with Crippen LogP contribution in [0.25, 0.3) is 0 Å². The zero-order valence-corrected chi connectivity index (χ0v) is 19.0. The molecule has 0 saturated carbocycles. The van der Waals surface area contributed by atoms with Gasteiger partial charge in [0.1, 0.15) is 6.04 Å². The summed E-state index contributed by atoms with van der Waals surface area (Å²) in [6.45, 7) is 9.50. The van der Waals surface area contributed by atoms with Crippen LogP contribution >= 0.6 is 0 Å². The first kappa shape index (κ1) is 22.9. The highest BCUT2D eigenvalue weighted by atomic mass is 32.2. The fourth-order valence-electron chi connectivity index (χ4n) is 3.56. The molecule has 1 amide bonds. The maximum Gasteiger partial charge on any atom is 0.244 e. The van der Waals surface area contributed by atoms with E-state index in [4.69, 9.17) is 0 Å². The molecule has 2 rings (SSSR count). The summed E-state index contributed by atoms with van der Waals surface area (Å²) in [5.74, 6) is -0.292. The molecule has 6 heteroatoms. The number of hydrogen-bond acceptors (Lipinski definition) is 3. The van der Waals surface area contributed by atoms with E-state index in [9.17, 15) is 13.2 Å². The number of aryl methyl sites for hydroxylation is 2. The molecule has 2 aromatic rings. The van der Waals surface area contributed by atoms with E-state index in [2.05, 4.69) is 5.32 Å². The maximum atomic E-state index is 13.2. The van der Waals surface area contributed by atoms with Crippen LogP contribution in [-0.2, 0) is 21.2 Å². The Kier molecular flexibility index (Phi) is 7.11. The molecule has 1 atom stereocenters. The number of nitrogens with one attached hydrogen (secondary N) is 1. The number of carbonyl (C=O) groups excluding carboxylic acids is 1. The van der Waals surface area contributed by atoms with E-state index in [1.54, 1.807) is 0 Å². The van der Waals surface area contributed by atoms with Gasteiger partial charge in [0.2, 0.25) is 15.9 Å². The van der Waals surface area contributed by atoms with Crippen molar-refractivity contribution >= 4 is 21.6 Å². The largest absolute Gasteiger partial charge is 0.349 e.